The standard InChI is InChI=1S/C29H33N3O6S/c1-3-36-25-9-11-26(12-10-25)39(34,35)32(24-7-4-22(2)5-8-24)20-29(33)31-16-14-30(15-17-31)19-23-6-13-27-28(18-23)38-21-37-27/h4-13,18H,3,14-17,19-21H2,1-2H3. The van der Waals surface area contributed by atoms with Gasteiger partial charge >= 0.3 is 0 Å². The Balaban J connectivity index is 1.27. The van der Waals surface area contributed by atoms with Crippen LogP contribution in [0.15, 0.2) is 71.6 Å². The first kappa shape index (κ1) is 26.8. The summed E-state index contributed by atoms with van der Waals surface area (Å²) in [7, 11) is -3.99. The predicted molar refractivity (Wildman–Crippen MR) is 148 cm³/mol. The van der Waals surface area contributed by atoms with Gasteiger partial charge in [0.15, 0.2) is 11.5 Å². The maximum Gasteiger partial charge on any atom is 0.264 e. The number of fused-ring (bicyclic) bond motifs is 1. The zero-order valence-corrected chi connectivity index (χ0v) is 23.0. The Bertz CT molecular complexity index is 1400. The van der Waals surface area contributed by atoms with Crippen LogP contribution in [0.25, 0.3) is 0 Å². The Hall–Kier alpha value is -3.76. The van der Waals surface area contributed by atoms with E-state index in [-0.39, 0.29) is 24.1 Å². The van der Waals surface area contributed by atoms with Crippen molar-refractivity contribution >= 4 is 21.6 Å². The van der Waals surface area contributed by atoms with Crippen LogP contribution in [-0.4, -0.2) is 70.2 Å². The van der Waals surface area contributed by atoms with Gasteiger partial charge < -0.3 is 19.1 Å². The van der Waals surface area contributed by atoms with E-state index >= 15 is 0 Å². The third kappa shape index (κ3) is 6.12. The molecular formula is C29H33N3O6S. The van der Waals surface area contributed by atoms with E-state index in [0.29, 0.717) is 44.2 Å². The summed E-state index contributed by atoms with van der Waals surface area (Å²) in [6, 6.07) is 19.4. The first-order chi connectivity index (χ1) is 18.8. The van der Waals surface area contributed by atoms with Crippen LogP contribution in [0, 0.1) is 6.92 Å². The lowest BCUT2D eigenvalue weighted by Crippen LogP contribution is -2.51. The van der Waals surface area contributed by atoms with Gasteiger partial charge in [0.1, 0.15) is 12.3 Å². The monoisotopic (exact) mass is 551 g/mol. The van der Waals surface area contributed by atoms with Crippen LogP contribution in [0.2, 0.25) is 0 Å². The molecule has 5 rings (SSSR count). The Labute approximate surface area is 229 Å². The molecule has 9 nitrogen and oxygen atoms in total. The molecule has 0 aromatic heterocycles. The van der Waals surface area contributed by atoms with E-state index in [1.54, 1.807) is 29.2 Å². The highest BCUT2D eigenvalue weighted by atomic mass is 32.2. The number of nitrogens with zero attached hydrogens (tertiary/aromatic N) is 3. The van der Waals surface area contributed by atoms with Crippen LogP contribution in [-0.2, 0) is 21.4 Å². The van der Waals surface area contributed by atoms with Crippen LogP contribution in [0.1, 0.15) is 18.1 Å². The topological polar surface area (TPSA) is 88.6 Å². The Kier molecular flexibility index (Phi) is 7.94. The van der Waals surface area contributed by atoms with Crippen molar-refractivity contribution in [2.45, 2.75) is 25.3 Å². The summed E-state index contributed by atoms with van der Waals surface area (Å²) in [4.78, 5) is 17.5. The summed E-state index contributed by atoms with van der Waals surface area (Å²) in [5, 5.41) is 0. The molecule has 3 aromatic rings. The van der Waals surface area contributed by atoms with Crippen molar-refractivity contribution in [3.05, 3.63) is 77.9 Å². The number of carbonyl (C=O) groups excluding carboxylic acids is 1. The molecule has 206 valence electrons. The molecule has 0 radical (unpaired) electrons. The van der Waals surface area contributed by atoms with Crippen molar-refractivity contribution in [3.63, 3.8) is 0 Å². The molecule has 0 N–H and O–H groups in total. The van der Waals surface area contributed by atoms with Crippen LogP contribution in [0.3, 0.4) is 0 Å². The predicted octanol–water partition coefficient (Wildman–Crippen LogP) is 3.66. The van der Waals surface area contributed by atoms with Crippen molar-refractivity contribution in [1.29, 1.82) is 0 Å². The van der Waals surface area contributed by atoms with E-state index in [4.69, 9.17) is 14.2 Å². The van der Waals surface area contributed by atoms with Crippen LogP contribution >= 0.6 is 0 Å². The molecule has 2 aliphatic rings. The molecule has 0 spiro atoms. The minimum atomic E-state index is -3.99. The van der Waals surface area contributed by atoms with Gasteiger partial charge in [0.05, 0.1) is 17.2 Å². The van der Waals surface area contributed by atoms with Gasteiger partial charge in [-0.15, -0.1) is 0 Å². The fourth-order valence-electron chi connectivity index (χ4n) is 4.70. The Morgan fingerprint density at radius 1 is 0.923 bits per heavy atom. The van der Waals surface area contributed by atoms with Crippen molar-refractivity contribution in [3.8, 4) is 17.2 Å². The van der Waals surface area contributed by atoms with Gasteiger partial charge in [0, 0.05) is 32.7 Å². The Morgan fingerprint density at radius 3 is 2.31 bits per heavy atom. The molecule has 2 aliphatic heterocycles. The van der Waals surface area contributed by atoms with Crippen LogP contribution in [0.4, 0.5) is 5.69 Å². The third-order valence-corrected chi connectivity index (χ3v) is 8.68. The van der Waals surface area contributed by atoms with Crippen molar-refractivity contribution in [2.24, 2.45) is 0 Å². The zero-order valence-electron chi connectivity index (χ0n) is 22.2. The average Bonchev–Trinajstić information content (AvgIpc) is 3.41. The molecule has 0 aliphatic carbocycles. The van der Waals surface area contributed by atoms with Gasteiger partial charge in [-0.2, -0.15) is 0 Å². The highest BCUT2D eigenvalue weighted by Crippen LogP contribution is 2.33. The number of amides is 1. The fraction of sp³-hybridized carbons (Fsp3) is 0.345. The highest BCUT2D eigenvalue weighted by Gasteiger charge is 2.30. The number of sulfonamides is 1. The number of hydrogen-bond acceptors (Lipinski definition) is 7. The molecule has 2 heterocycles. The quantitative estimate of drug-likeness (QED) is 0.401. The summed E-state index contributed by atoms with van der Waals surface area (Å²) in [6.07, 6.45) is 0. The van der Waals surface area contributed by atoms with Gasteiger partial charge in [-0.1, -0.05) is 23.8 Å². The van der Waals surface area contributed by atoms with E-state index in [1.807, 2.05) is 44.2 Å². The maximum atomic E-state index is 13.7. The van der Waals surface area contributed by atoms with Gasteiger partial charge in [0.2, 0.25) is 12.7 Å². The second-order valence-electron chi connectivity index (χ2n) is 9.60. The number of aryl methyl sites for hydroxylation is 1. The fourth-order valence-corrected chi connectivity index (χ4v) is 6.12. The first-order valence-corrected chi connectivity index (χ1v) is 14.5. The van der Waals surface area contributed by atoms with Gasteiger partial charge in [-0.25, -0.2) is 8.42 Å². The maximum absolute atomic E-state index is 13.7. The van der Waals surface area contributed by atoms with Gasteiger partial charge in [-0.3, -0.25) is 14.0 Å². The summed E-state index contributed by atoms with van der Waals surface area (Å²) >= 11 is 0. The third-order valence-electron chi connectivity index (χ3n) is 6.89. The number of rotatable bonds is 9. The first-order valence-electron chi connectivity index (χ1n) is 13.0. The highest BCUT2D eigenvalue weighted by molar-refractivity contribution is 7.92. The molecule has 0 bridgehead atoms. The van der Waals surface area contributed by atoms with E-state index in [2.05, 4.69) is 4.90 Å². The molecule has 1 fully saturated rings. The zero-order chi connectivity index (χ0) is 27.4. The summed E-state index contributed by atoms with van der Waals surface area (Å²) in [5.74, 6) is 1.87. The molecule has 3 aromatic carbocycles. The van der Waals surface area contributed by atoms with Gasteiger partial charge in [0.25, 0.3) is 10.0 Å². The van der Waals surface area contributed by atoms with Crippen LogP contribution in [0.5, 0.6) is 17.2 Å². The molecule has 10 heteroatoms. The van der Waals surface area contributed by atoms with E-state index in [1.165, 1.54) is 16.4 Å². The number of benzene rings is 3. The minimum Gasteiger partial charge on any atom is -0.494 e. The van der Waals surface area contributed by atoms with Crippen molar-refractivity contribution in [2.75, 3.05) is 50.4 Å². The smallest absolute Gasteiger partial charge is 0.264 e. The summed E-state index contributed by atoms with van der Waals surface area (Å²) < 4.78 is 45.0. The molecule has 0 atom stereocenters. The number of piperazine rings is 1. The molecule has 0 saturated carbocycles. The van der Waals surface area contributed by atoms with E-state index < -0.39 is 10.0 Å². The lowest BCUT2D eigenvalue weighted by Gasteiger charge is -2.36. The molecule has 39 heavy (non-hydrogen) atoms. The summed E-state index contributed by atoms with van der Waals surface area (Å²) in [6.45, 7) is 7.42. The number of anilines is 1. The minimum absolute atomic E-state index is 0.105. The number of hydrogen-bond donors (Lipinski definition) is 0. The molecule has 0 unspecified atom stereocenters. The van der Waals surface area contributed by atoms with Gasteiger partial charge in [-0.05, 0) is 67.9 Å². The summed E-state index contributed by atoms with van der Waals surface area (Å²) in [5.41, 5.74) is 2.57. The number of ether oxygens (including phenoxy) is 3. The lowest BCUT2D eigenvalue weighted by molar-refractivity contribution is -0.131. The molecular weight excluding hydrogens is 518 g/mol. The lowest BCUT2D eigenvalue weighted by atomic mass is 10.1. The average molecular weight is 552 g/mol. The number of carbonyl (C=O) groups is 1. The van der Waals surface area contributed by atoms with Crippen molar-refractivity contribution in [1.82, 2.24) is 9.80 Å². The second kappa shape index (κ2) is 11.5. The molecule has 1 amide bonds. The van der Waals surface area contributed by atoms with E-state index in [9.17, 15) is 13.2 Å². The normalized spacial score (nSPS) is 15.3. The molecule has 1 saturated heterocycles. The van der Waals surface area contributed by atoms with E-state index in [0.717, 1.165) is 29.2 Å². The Morgan fingerprint density at radius 2 is 1.62 bits per heavy atom. The second-order valence-corrected chi connectivity index (χ2v) is 11.5. The van der Waals surface area contributed by atoms with Crippen molar-refractivity contribution < 1.29 is 27.4 Å². The largest absolute Gasteiger partial charge is 0.494 e. The van der Waals surface area contributed by atoms with Crippen LogP contribution < -0.4 is 18.5 Å². The SMILES string of the molecule is CCOc1ccc(S(=O)(=O)N(CC(=O)N2CCN(Cc3ccc4c(c3)OCO4)CC2)c2ccc(C)cc2)cc1.